The first kappa shape index (κ1) is 20.0. The normalized spacial score (nSPS) is 11.7. The van der Waals surface area contributed by atoms with Crippen molar-refractivity contribution in [3.63, 3.8) is 0 Å². The molecule has 4 aromatic heterocycles. The van der Waals surface area contributed by atoms with Crippen LogP contribution in [0.15, 0.2) is 55.2 Å². The number of nitrogens with one attached hydrogen (secondary N) is 1. The molecular weight excluding hydrogens is 386 g/mol. The second-order valence-corrected chi connectivity index (χ2v) is 7.33. The average Bonchev–Trinajstić information content (AvgIpc) is 3.45. The lowest BCUT2D eigenvalue weighted by Crippen LogP contribution is -2.31. The van der Waals surface area contributed by atoms with Crippen LogP contribution in [0.2, 0.25) is 0 Å². The number of hydrogen-bond acceptors (Lipinski definition) is 6. The van der Waals surface area contributed by atoms with Gasteiger partial charge in [-0.25, -0.2) is 9.78 Å². The summed E-state index contributed by atoms with van der Waals surface area (Å²) in [6.45, 7) is 4.13. The Labute approximate surface area is 172 Å². The van der Waals surface area contributed by atoms with E-state index in [1.54, 1.807) is 28.7 Å². The van der Waals surface area contributed by atoms with E-state index in [2.05, 4.69) is 21.8 Å². The van der Waals surface area contributed by atoms with Gasteiger partial charge < -0.3 is 13.4 Å². The van der Waals surface area contributed by atoms with Gasteiger partial charge >= 0.3 is 5.69 Å². The van der Waals surface area contributed by atoms with E-state index < -0.39 is 11.2 Å². The van der Waals surface area contributed by atoms with Gasteiger partial charge in [0.2, 0.25) is 0 Å². The van der Waals surface area contributed by atoms with Crippen LogP contribution in [0.25, 0.3) is 11.2 Å². The van der Waals surface area contributed by atoms with Crippen molar-refractivity contribution < 1.29 is 8.83 Å². The Balaban J connectivity index is 1.71. The third-order valence-electron chi connectivity index (χ3n) is 5.13. The maximum atomic E-state index is 12.5. The molecule has 0 bridgehead atoms. The molecule has 9 nitrogen and oxygen atoms in total. The molecule has 0 saturated heterocycles. The first-order valence-corrected chi connectivity index (χ1v) is 10.0. The summed E-state index contributed by atoms with van der Waals surface area (Å²) in [4.78, 5) is 34.1. The van der Waals surface area contributed by atoms with Crippen molar-refractivity contribution in [3.8, 4) is 0 Å². The zero-order chi connectivity index (χ0) is 21.1. The van der Waals surface area contributed by atoms with E-state index in [0.29, 0.717) is 43.2 Å². The Bertz CT molecular complexity index is 1180. The molecule has 0 atom stereocenters. The molecule has 158 valence electrons. The van der Waals surface area contributed by atoms with Crippen molar-refractivity contribution in [2.24, 2.45) is 7.05 Å². The third-order valence-corrected chi connectivity index (χ3v) is 5.13. The molecule has 0 fully saturated rings. The molecule has 0 saturated carbocycles. The Morgan fingerprint density at radius 2 is 1.73 bits per heavy atom. The van der Waals surface area contributed by atoms with Gasteiger partial charge in [-0.05, 0) is 30.7 Å². The number of aryl methyl sites for hydroxylation is 2. The van der Waals surface area contributed by atoms with Crippen LogP contribution >= 0.6 is 0 Å². The summed E-state index contributed by atoms with van der Waals surface area (Å²) in [7, 11) is 1.80. The zero-order valence-corrected chi connectivity index (χ0v) is 17.1. The minimum absolute atomic E-state index is 0.400. The van der Waals surface area contributed by atoms with Crippen molar-refractivity contribution in [3.05, 3.63) is 75.0 Å². The minimum Gasteiger partial charge on any atom is -0.468 e. The van der Waals surface area contributed by atoms with Gasteiger partial charge in [-0.15, -0.1) is 0 Å². The molecule has 0 aliphatic heterocycles. The van der Waals surface area contributed by atoms with Gasteiger partial charge in [-0.2, -0.15) is 0 Å². The number of furan rings is 2. The molecule has 0 aliphatic rings. The summed E-state index contributed by atoms with van der Waals surface area (Å²) >= 11 is 0. The second kappa shape index (κ2) is 8.58. The van der Waals surface area contributed by atoms with Crippen LogP contribution < -0.4 is 11.2 Å². The highest BCUT2D eigenvalue weighted by molar-refractivity contribution is 5.70. The Morgan fingerprint density at radius 3 is 2.30 bits per heavy atom. The molecule has 1 N–H and O–H groups in total. The summed E-state index contributed by atoms with van der Waals surface area (Å²) in [5.74, 6) is 2.32. The van der Waals surface area contributed by atoms with E-state index in [9.17, 15) is 9.59 Å². The van der Waals surface area contributed by atoms with E-state index in [4.69, 9.17) is 8.83 Å². The van der Waals surface area contributed by atoms with Gasteiger partial charge in [0.15, 0.2) is 11.2 Å². The molecule has 0 unspecified atom stereocenters. The summed E-state index contributed by atoms with van der Waals surface area (Å²) in [5, 5.41) is 0. The molecule has 9 heteroatoms. The largest absolute Gasteiger partial charge is 0.468 e. The predicted octanol–water partition coefficient (Wildman–Crippen LogP) is 2.61. The monoisotopic (exact) mass is 411 g/mol. The molecule has 0 amide bonds. The molecular formula is C21H25N5O4. The molecule has 4 rings (SSSR count). The van der Waals surface area contributed by atoms with Crippen LogP contribution in [0.4, 0.5) is 0 Å². The predicted molar refractivity (Wildman–Crippen MR) is 111 cm³/mol. The first-order valence-electron chi connectivity index (χ1n) is 10.0. The SMILES string of the molecule is CCCCn1c(=O)[nH]c(=O)c2c1nc(CN(Cc1ccco1)Cc1ccco1)n2C. The molecule has 0 aromatic carbocycles. The van der Waals surface area contributed by atoms with Gasteiger partial charge in [-0.1, -0.05) is 13.3 Å². The molecule has 0 radical (unpaired) electrons. The number of imidazole rings is 1. The van der Waals surface area contributed by atoms with Gasteiger partial charge in [0.1, 0.15) is 17.3 Å². The maximum Gasteiger partial charge on any atom is 0.330 e. The number of hydrogen-bond donors (Lipinski definition) is 1. The van der Waals surface area contributed by atoms with Crippen molar-refractivity contribution in [1.82, 2.24) is 24.0 Å². The van der Waals surface area contributed by atoms with Crippen LogP contribution in [0.3, 0.4) is 0 Å². The Hall–Kier alpha value is -3.33. The Morgan fingerprint density at radius 1 is 1.07 bits per heavy atom. The van der Waals surface area contributed by atoms with Gasteiger partial charge in [-0.3, -0.25) is 19.2 Å². The van der Waals surface area contributed by atoms with Crippen LogP contribution in [0.5, 0.6) is 0 Å². The molecule has 4 aromatic rings. The van der Waals surface area contributed by atoms with E-state index in [1.165, 1.54) is 0 Å². The highest BCUT2D eigenvalue weighted by Crippen LogP contribution is 2.17. The fraction of sp³-hybridized carbons (Fsp3) is 0.381. The highest BCUT2D eigenvalue weighted by atomic mass is 16.3. The van der Waals surface area contributed by atoms with Crippen molar-refractivity contribution >= 4 is 11.2 Å². The number of fused-ring (bicyclic) bond motifs is 1. The summed E-state index contributed by atoms with van der Waals surface area (Å²) in [6, 6.07) is 7.53. The summed E-state index contributed by atoms with van der Waals surface area (Å²) < 4.78 is 14.3. The zero-order valence-electron chi connectivity index (χ0n) is 17.1. The van der Waals surface area contributed by atoms with Crippen molar-refractivity contribution in [1.29, 1.82) is 0 Å². The topological polar surface area (TPSA) is 102 Å². The van der Waals surface area contributed by atoms with Gasteiger partial charge in [0, 0.05) is 13.6 Å². The lowest BCUT2D eigenvalue weighted by molar-refractivity contribution is 0.203. The minimum atomic E-state index is -0.424. The Kier molecular flexibility index (Phi) is 5.71. The van der Waals surface area contributed by atoms with Crippen LogP contribution in [0, 0.1) is 0 Å². The van der Waals surface area contributed by atoms with E-state index >= 15 is 0 Å². The number of unbranched alkanes of at least 4 members (excludes halogenated alkanes) is 1. The summed E-state index contributed by atoms with van der Waals surface area (Å²) in [5.41, 5.74) is -0.0245. The highest BCUT2D eigenvalue weighted by Gasteiger charge is 2.19. The average molecular weight is 411 g/mol. The number of aromatic amines is 1. The van der Waals surface area contributed by atoms with Gasteiger partial charge in [0.25, 0.3) is 5.56 Å². The van der Waals surface area contributed by atoms with Crippen LogP contribution in [-0.4, -0.2) is 24.0 Å². The number of aromatic nitrogens is 4. The molecule has 0 aliphatic carbocycles. The van der Waals surface area contributed by atoms with Crippen LogP contribution in [0.1, 0.15) is 37.1 Å². The van der Waals surface area contributed by atoms with Gasteiger partial charge in [0.05, 0.1) is 32.2 Å². The van der Waals surface area contributed by atoms with E-state index in [-0.39, 0.29) is 0 Å². The quantitative estimate of drug-likeness (QED) is 0.454. The van der Waals surface area contributed by atoms with Crippen molar-refractivity contribution in [2.45, 2.75) is 45.9 Å². The standard InChI is InChI=1S/C21H25N5O4/c1-3-4-9-26-19-18(20(27)23-21(26)28)24(2)17(22-19)14-25(12-15-7-5-10-29-15)13-16-8-6-11-30-16/h5-8,10-11H,3-4,9,12-14H2,1-2H3,(H,23,27,28). The number of rotatable bonds is 9. The maximum absolute atomic E-state index is 12.5. The van der Waals surface area contributed by atoms with E-state index in [1.807, 2.05) is 24.3 Å². The third kappa shape index (κ3) is 4.02. The first-order chi connectivity index (χ1) is 14.6. The number of nitrogens with zero attached hydrogens (tertiary/aromatic N) is 4. The smallest absolute Gasteiger partial charge is 0.330 e. The second-order valence-electron chi connectivity index (χ2n) is 7.33. The molecule has 4 heterocycles. The van der Waals surface area contributed by atoms with Crippen LogP contribution in [-0.2, 0) is 33.2 Å². The number of H-pyrrole nitrogens is 1. The molecule has 30 heavy (non-hydrogen) atoms. The van der Waals surface area contributed by atoms with Crippen molar-refractivity contribution in [2.75, 3.05) is 0 Å². The molecule has 0 spiro atoms. The fourth-order valence-electron chi connectivity index (χ4n) is 3.57. The summed E-state index contributed by atoms with van der Waals surface area (Å²) in [6.07, 6.45) is 5.05. The fourth-order valence-corrected chi connectivity index (χ4v) is 3.57. The van der Waals surface area contributed by atoms with E-state index in [0.717, 1.165) is 24.4 Å². The lowest BCUT2D eigenvalue weighted by atomic mass is 10.3. The lowest BCUT2D eigenvalue weighted by Gasteiger charge is -2.19.